The Morgan fingerprint density at radius 3 is 2.71 bits per heavy atom. The average molecular weight is 197 g/mol. The SMILES string of the molecule is COC(=O)c1cc(C(C)C)c(F)cn1. The Hall–Kier alpha value is -1.45. The molecule has 0 aliphatic carbocycles. The molecule has 0 aliphatic rings. The molecule has 0 aliphatic heterocycles. The van der Waals surface area contributed by atoms with E-state index in [2.05, 4.69) is 9.72 Å². The van der Waals surface area contributed by atoms with Crippen molar-refractivity contribution in [1.82, 2.24) is 4.98 Å². The molecule has 1 aromatic rings. The highest BCUT2D eigenvalue weighted by Gasteiger charge is 2.13. The number of halogens is 1. The maximum Gasteiger partial charge on any atom is 0.356 e. The second-order valence-corrected chi connectivity index (χ2v) is 3.24. The van der Waals surface area contributed by atoms with Gasteiger partial charge in [0.1, 0.15) is 11.5 Å². The van der Waals surface area contributed by atoms with Crippen molar-refractivity contribution < 1.29 is 13.9 Å². The van der Waals surface area contributed by atoms with E-state index in [1.807, 2.05) is 13.8 Å². The van der Waals surface area contributed by atoms with Crippen LogP contribution in [0.2, 0.25) is 0 Å². The van der Waals surface area contributed by atoms with E-state index in [4.69, 9.17) is 0 Å². The molecule has 0 atom stereocenters. The Labute approximate surface area is 81.9 Å². The minimum Gasteiger partial charge on any atom is -0.464 e. The molecule has 0 bridgehead atoms. The molecular formula is C10H12FNO2. The molecule has 4 heteroatoms. The molecule has 0 N–H and O–H groups in total. The Kier molecular flexibility index (Phi) is 3.17. The zero-order valence-corrected chi connectivity index (χ0v) is 8.37. The molecule has 0 spiro atoms. The highest BCUT2D eigenvalue weighted by atomic mass is 19.1. The zero-order valence-electron chi connectivity index (χ0n) is 8.37. The van der Waals surface area contributed by atoms with E-state index in [0.29, 0.717) is 5.56 Å². The fourth-order valence-corrected chi connectivity index (χ4v) is 1.11. The summed E-state index contributed by atoms with van der Waals surface area (Å²) in [6, 6.07) is 1.42. The number of rotatable bonds is 2. The summed E-state index contributed by atoms with van der Waals surface area (Å²) in [7, 11) is 1.27. The highest BCUT2D eigenvalue weighted by Crippen LogP contribution is 2.18. The van der Waals surface area contributed by atoms with Gasteiger partial charge in [0.15, 0.2) is 0 Å². The Morgan fingerprint density at radius 2 is 2.21 bits per heavy atom. The molecule has 0 unspecified atom stereocenters. The van der Waals surface area contributed by atoms with Crippen LogP contribution < -0.4 is 0 Å². The van der Waals surface area contributed by atoms with Gasteiger partial charge in [-0.1, -0.05) is 13.8 Å². The van der Waals surface area contributed by atoms with E-state index >= 15 is 0 Å². The van der Waals surface area contributed by atoms with Gasteiger partial charge in [0.05, 0.1) is 13.3 Å². The molecule has 0 amide bonds. The molecule has 1 heterocycles. The van der Waals surface area contributed by atoms with Gasteiger partial charge >= 0.3 is 5.97 Å². The maximum atomic E-state index is 13.2. The summed E-state index contributed by atoms with van der Waals surface area (Å²) in [5, 5.41) is 0. The first-order chi connectivity index (χ1) is 6.56. The van der Waals surface area contributed by atoms with Crippen LogP contribution in [0, 0.1) is 5.82 Å². The lowest BCUT2D eigenvalue weighted by Gasteiger charge is -2.07. The Balaban J connectivity index is 3.13. The van der Waals surface area contributed by atoms with Gasteiger partial charge in [-0.25, -0.2) is 14.2 Å². The minimum absolute atomic E-state index is 0.0152. The Bertz CT molecular complexity index is 350. The van der Waals surface area contributed by atoms with Gasteiger partial charge in [-0.15, -0.1) is 0 Å². The van der Waals surface area contributed by atoms with Crippen molar-refractivity contribution in [3.63, 3.8) is 0 Å². The van der Waals surface area contributed by atoms with Crippen LogP contribution >= 0.6 is 0 Å². The predicted molar refractivity (Wildman–Crippen MR) is 49.6 cm³/mol. The second kappa shape index (κ2) is 4.17. The van der Waals surface area contributed by atoms with Crippen molar-refractivity contribution in [2.45, 2.75) is 19.8 Å². The monoisotopic (exact) mass is 197 g/mol. The largest absolute Gasteiger partial charge is 0.464 e. The number of methoxy groups -OCH3 is 1. The second-order valence-electron chi connectivity index (χ2n) is 3.24. The van der Waals surface area contributed by atoms with Crippen LogP contribution in [-0.2, 0) is 4.74 Å². The number of aromatic nitrogens is 1. The normalized spacial score (nSPS) is 10.4. The van der Waals surface area contributed by atoms with Crippen LogP contribution in [0.4, 0.5) is 4.39 Å². The molecule has 0 saturated carbocycles. The number of nitrogens with zero attached hydrogens (tertiary/aromatic N) is 1. The summed E-state index contributed by atoms with van der Waals surface area (Å²) >= 11 is 0. The predicted octanol–water partition coefficient (Wildman–Crippen LogP) is 2.13. The Morgan fingerprint density at radius 1 is 1.57 bits per heavy atom. The summed E-state index contributed by atoms with van der Waals surface area (Å²) in [5.74, 6) is -0.930. The van der Waals surface area contributed by atoms with Crippen LogP contribution in [-0.4, -0.2) is 18.1 Å². The van der Waals surface area contributed by atoms with Gasteiger partial charge in [-0.3, -0.25) is 0 Å². The average Bonchev–Trinajstić information content (AvgIpc) is 2.17. The van der Waals surface area contributed by atoms with Gasteiger partial charge in [0.25, 0.3) is 0 Å². The summed E-state index contributed by atoms with van der Waals surface area (Å²) in [6.45, 7) is 3.69. The van der Waals surface area contributed by atoms with E-state index in [1.165, 1.54) is 13.2 Å². The van der Waals surface area contributed by atoms with Gasteiger partial charge in [0.2, 0.25) is 0 Å². The molecule has 76 valence electrons. The van der Waals surface area contributed by atoms with Crippen molar-refractivity contribution in [3.05, 3.63) is 29.3 Å². The number of hydrogen-bond donors (Lipinski definition) is 0. The number of hydrogen-bond acceptors (Lipinski definition) is 3. The van der Waals surface area contributed by atoms with Crippen molar-refractivity contribution in [3.8, 4) is 0 Å². The molecular weight excluding hydrogens is 185 g/mol. The van der Waals surface area contributed by atoms with E-state index in [9.17, 15) is 9.18 Å². The smallest absolute Gasteiger partial charge is 0.356 e. The topological polar surface area (TPSA) is 39.2 Å². The van der Waals surface area contributed by atoms with Crippen molar-refractivity contribution in [1.29, 1.82) is 0 Å². The number of carbonyl (C=O) groups is 1. The molecule has 3 nitrogen and oxygen atoms in total. The third kappa shape index (κ3) is 2.07. The third-order valence-electron chi connectivity index (χ3n) is 1.90. The van der Waals surface area contributed by atoms with Crippen LogP contribution in [0.1, 0.15) is 35.8 Å². The summed E-state index contributed by atoms with van der Waals surface area (Å²) in [4.78, 5) is 14.7. The standard InChI is InChI=1S/C10H12FNO2/c1-6(2)7-4-9(10(13)14-3)12-5-8(7)11/h4-6H,1-3H3. The molecule has 1 rings (SSSR count). The molecule has 14 heavy (non-hydrogen) atoms. The lowest BCUT2D eigenvalue weighted by Crippen LogP contribution is -2.06. The number of esters is 1. The number of pyridine rings is 1. The fourth-order valence-electron chi connectivity index (χ4n) is 1.11. The van der Waals surface area contributed by atoms with Crippen LogP contribution in [0.5, 0.6) is 0 Å². The van der Waals surface area contributed by atoms with Gasteiger partial charge in [0, 0.05) is 0 Å². The van der Waals surface area contributed by atoms with Crippen molar-refractivity contribution in [2.24, 2.45) is 0 Å². The lowest BCUT2D eigenvalue weighted by atomic mass is 10.0. The first-order valence-electron chi connectivity index (χ1n) is 4.30. The van der Waals surface area contributed by atoms with Crippen LogP contribution in [0.15, 0.2) is 12.3 Å². The van der Waals surface area contributed by atoms with E-state index < -0.39 is 11.8 Å². The highest BCUT2D eigenvalue weighted by molar-refractivity contribution is 5.87. The van der Waals surface area contributed by atoms with Gasteiger partial charge < -0.3 is 4.74 Å². The molecule has 0 saturated heterocycles. The molecule has 1 aromatic heterocycles. The summed E-state index contributed by atoms with van der Waals surface area (Å²) in [5.41, 5.74) is 0.609. The number of ether oxygens (including phenoxy) is 1. The molecule has 0 aromatic carbocycles. The first-order valence-corrected chi connectivity index (χ1v) is 4.30. The van der Waals surface area contributed by atoms with E-state index in [-0.39, 0.29) is 11.6 Å². The lowest BCUT2D eigenvalue weighted by molar-refractivity contribution is 0.0593. The first kappa shape index (κ1) is 10.6. The van der Waals surface area contributed by atoms with Crippen molar-refractivity contribution >= 4 is 5.97 Å². The van der Waals surface area contributed by atoms with Gasteiger partial charge in [-0.2, -0.15) is 0 Å². The van der Waals surface area contributed by atoms with Crippen molar-refractivity contribution in [2.75, 3.05) is 7.11 Å². The summed E-state index contributed by atoms with van der Waals surface area (Å²) < 4.78 is 17.7. The zero-order chi connectivity index (χ0) is 10.7. The maximum absolute atomic E-state index is 13.2. The quantitative estimate of drug-likeness (QED) is 0.682. The van der Waals surface area contributed by atoms with E-state index in [1.54, 1.807) is 0 Å². The molecule has 0 radical (unpaired) electrons. The number of carbonyl (C=O) groups excluding carboxylic acids is 1. The fraction of sp³-hybridized carbons (Fsp3) is 0.400. The molecule has 0 fully saturated rings. The van der Waals surface area contributed by atoms with E-state index in [0.717, 1.165) is 6.20 Å². The van der Waals surface area contributed by atoms with Crippen LogP contribution in [0.25, 0.3) is 0 Å². The summed E-state index contributed by atoms with van der Waals surface area (Å²) in [6.07, 6.45) is 1.04. The third-order valence-corrected chi connectivity index (χ3v) is 1.90. The van der Waals surface area contributed by atoms with Crippen LogP contribution in [0.3, 0.4) is 0 Å². The van der Waals surface area contributed by atoms with Gasteiger partial charge in [-0.05, 0) is 17.5 Å². The minimum atomic E-state index is -0.549.